The van der Waals surface area contributed by atoms with E-state index in [4.69, 9.17) is 5.11 Å². The van der Waals surface area contributed by atoms with Crippen molar-refractivity contribution in [3.05, 3.63) is 23.4 Å². The molecule has 0 amide bonds. The van der Waals surface area contributed by atoms with Gasteiger partial charge in [-0.1, -0.05) is 19.8 Å². The van der Waals surface area contributed by atoms with Crippen LogP contribution in [0.4, 0.5) is 19.0 Å². The lowest BCUT2D eigenvalue weighted by atomic mass is 9.87. The van der Waals surface area contributed by atoms with E-state index in [0.29, 0.717) is 12.0 Å². The number of aromatic carboxylic acids is 1. The molecule has 1 fully saturated rings. The lowest BCUT2D eigenvalue weighted by molar-refractivity contribution is -0.141. The molecule has 1 aliphatic rings. The molecule has 116 valence electrons. The van der Waals surface area contributed by atoms with Crippen molar-refractivity contribution in [1.82, 2.24) is 4.98 Å². The van der Waals surface area contributed by atoms with E-state index in [1.54, 1.807) is 0 Å². The van der Waals surface area contributed by atoms with Crippen LogP contribution in [-0.2, 0) is 6.18 Å². The summed E-state index contributed by atoms with van der Waals surface area (Å²) in [6.07, 6.45) is -0.925. The van der Waals surface area contributed by atoms with E-state index in [2.05, 4.69) is 17.2 Å². The third-order valence-corrected chi connectivity index (χ3v) is 3.69. The Balaban J connectivity index is 2.28. The molecule has 7 heteroatoms. The maximum absolute atomic E-state index is 12.7. The number of nitrogens with zero attached hydrogens (tertiary/aromatic N) is 1. The lowest BCUT2D eigenvalue weighted by Gasteiger charge is -2.28. The molecule has 2 N–H and O–H groups in total. The predicted octanol–water partition coefficient (Wildman–Crippen LogP) is 3.79. The molecule has 0 spiro atoms. The summed E-state index contributed by atoms with van der Waals surface area (Å²) in [5.41, 5.74) is -1.32. The molecule has 2 rings (SSSR count). The number of carboxylic acids is 1. The number of pyridine rings is 1. The second-order valence-corrected chi connectivity index (χ2v) is 5.51. The molecule has 0 aliphatic heterocycles. The third kappa shape index (κ3) is 3.86. The van der Waals surface area contributed by atoms with Crippen molar-refractivity contribution in [1.29, 1.82) is 0 Å². The number of aromatic nitrogens is 1. The first kappa shape index (κ1) is 15.6. The molecule has 1 aliphatic carbocycles. The summed E-state index contributed by atoms with van der Waals surface area (Å²) in [5.74, 6) is -1.02. The molecule has 0 saturated heterocycles. The monoisotopic (exact) mass is 302 g/mol. The van der Waals surface area contributed by atoms with E-state index in [1.807, 2.05) is 0 Å². The van der Waals surface area contributed by atoms with Gasteiger partial charge in [0, 0.05) is 6.04 Å². The topological polar surface area (TPSA) is 62.2 Å². The zero-order chi connectivity index (χ0) is 15.6. The van der Waals surface area contributed by atoms with Crippen molar-refractivity contribution in [2.75, 3.05) is 5.32 Å². The highest BCUT2D eigenvalue weighted by atomic mass is 19.4. The second-order valence-electron chi connectivity index (χ2n) is 5.51. The Hall–Kier alpha value is -1.79. The van der Waals surface area contributed by atoms with Gasteiger partial charge in [-0.2, -0.15) is 13.2 Å². The van der Waals surface area contributed by atoms with Gasteiger partial charge < -0.3 is 10.4 Å². The molecule has 4 nitrogen and oxygen atoms in total. The molecule has 1 heterocycles. The van der Waals surface area contributed by atoms with Crippen molar-refractivity contribution >= 4 is 11.8 Å². The minimum Gasteiger partial charge on any atom is -0.478 e. The fourth-order valence-electron chi connectivity index (χ4n) is 2.66. The third-order valence-electron chi connectivity index (χ3n) is 3.69. The van der Waals surface area contributed by atoms with Gasteiger partial charge in [0.25, 0.3) is 0 Å². The van der Waals surface area contributed by atoms with E-state index >= 15 is 0 Å². The van der Waals surface area contributed by atoms with Crippen LogP contribution in [0.5, 0.6) is 0 Å². The average molecular weight is 302 g/mol. The Kier molecular flexibility index (Phi) is 4.39. The molecular weight excluding hydrogens is 285 g/mol. The molecule has 0 bridgehead atoms. The van der Waals surface area contributed by atoms with Crippen LogP contribution in [-0.4, -0.2) is 22.1 Å². The molecule has 1 aromatic heterocycles. The lowest BCUT2D eigenvalue weighted by Crippen LogP contribution is -2.28. The summed E-state index contributed by atoms with van der Waals surface area (Å²) in [5, 5.41) is 12.0. The van der Waals surface area contributed by atoms with Gasteiger partial charge >= 0.3 is 12.1 Å². The van der Waals surface area contributed by atoms with Crippen molar-refractivity contribution in [3.63, 3.8) is 0 Å². The maximum atomic E-state index is 12.7. The molecule has 21 heavy (non-hydrogen) atoms. The predicted molar refractivity (Wildman–Crippen MR) is 71.2 cm³/mol. The number of anilines is 1. The van der Waals surface area contributed by atoms with Crippen LogP contribution in [0.3, 0.4) is 0 Å². The van der Waals surface area contributed by atoms with E-state index in [1.165, 1.54) is 0 Å². The summed E-state index contributed by atoms with van der Waals surface area (Å²) in [6, 6.07) is 1.60. The highest BCUT2D eigenvalue weighted by Crippen LogP contribution is 2.31. The summed E-state index contributed by atoms with van der Waals surface area (Å²) in [4.78, 5) is 14.6. The maximum Gasteiger partial charge on any atom is 0.433 e. The number of halogens is 3. The number of nitrogens with one attached hydrogen (secondary N) is 1. The first-order valence-electron chi connectivity index (χ1n) is 6.85. The Morgan fingerprint density at radius 1 is 1.38 bits per heavy atom. The van der Waals surface area contributed by atoms with Crippen LogP contribution >= 0.6 is 0 Å². The van der Waals surface area contributed by atoms with Crippen molar-refractivity contribution in [2.45, 2.75) is 44.8 Å². The Morgan fingerprint density at radius 3 is 2.67 bits per heavy atom. The van der Waals surface area contributed by atoms with Crippen LogP contribution in [0.2, 0.25) is 0 Å². The number of hydrogen-bond donors (Lipinski definition) is 2. The molecular formula is C14H17F3N2O2. The first-order chi connectivity index (χ1) is 9.77. The zero-order valence-corrected chi connectivity index (χ0v) is 11.6. The standard InChI is InChI=1S/C14H17F3N2O2/c1-8-3-2-4-9(7-8)18-12-10(13(20)21)5-6-11(19-12)14(15,16)17/h5-6,8-9H,2-4,7H2,1H3,(H,18,19)(H,20,21). The van der Waals surface area contributed by atoms with Crippen LogP contribution in [0.25, 0.3) is 0 Å². The fourth-order valence-corrected chi connectivity index (χ4v) is 2.66. The Bertz CT molecular complexity index is 531. The molecule has 0 radical (unpaired) electrons. The smallest absolute Gasteiger partial charge is 0.433 e. The number of carbonyl (C=O) groups is 1. The zero-order valence-electron chi connectivity index (χ0n) is 11.6. The van der Waals surface area contributed by atoms with Crippen LogP contribution < -0.4 is 5.32 Å². The number of carboxylic acid groups (broad SMARTS) is 1. The SMILES string of the molecule is CC1CCCC(Nc2nc(C(F)(F)F)ccc2C(=O)O)C1. The quantitative estimate of drug-likeness (QED) is 0.891. The van der Waals surface area contributed by atoms with Gasteiger partial charge in [-0.25, -0.2) is 9.78 Å². The fraction of sp³-hybridized carbons (Fsp3) is 0.571. The molecule has 2 atom stereocenters. The van der Waals surface area contributed by atoms with Crippen molar-refractivity contribution in [3.8, 4) is 0 Å². The summed E-state index contributed by atoms with van der Waals surface area (Å²) in [6.45, 7) is 2.07. The van der Waals surface area contributed by atoms with Crippen LogP contribution in [0.1, 0.15) is 48.7 Å². The molecule has 1 saturated carbocycles. The summed E-state index contributed by atoms with van der Waals surface area (Å²) >= 11 is 0. The number of rotatable bonds is 3. The van der Waals surface area contributed by atoms with Crippen molar-refractivity contribution < 1.29 is 23.1 Å². The van der Waals surface area contributed by atoms with Gasteiger partial charge in [-0.3, -0.25) is 0 Å². The van der Waals surface area contributed by atoms with Gasteiger partial charge in [0.05, 0.1) is 0 Å². The summed E-state index contributed by atoms with van der Waals surface area (Å²) < 4.78 is 38.1. The minimum atomic E-state index is -4.59. The average Bonchev–Trinajstić information content (AvgIpc) is 2.37. The van der Waals surface area contributed by atoms with Gasteiger partial charge in [0.1, 0.15) is 17.1 Å². The van der Waals surface area contributed by atoms with Crippen LogP contribution in [0.15, 0.2) is 12.1 Å². The summed E-state index contributed by atoms with van der Waals surface area (Å²) in [7, 11) is 0. The molecule has 2 unspecified atom stereocenters. The number of alkyl halides is 3. The minimum absolute atomic E-state index is 0.0390. The largest absolute Gasteiger partial charge is 0.478 e. The number of hydrogen-bond acceptors (Lipinski definition) is 3. The van der Waals surface area contributed by atoms with Crippen molar-refractivity contribution in [2.24, 2.45) is 5.92 Å². The Labute approximate surface area is 120 Å². The van der Waals surface area contributed by atoms with E-state index in [9.17, 15) is 18.0 Å². The van der Waals surface area contributed by atoms with E-state index < -0.39 is 17.8 Å². The second kappa shape index (κ2) is 5.91. The van der Waals surface area contributed by atoms with Gasteiger partial charge in [-0.05, 0) is 30.9 Å². The van der Waals surface area contributed by atoms with Gasteiger partial charge in [0.15, 0.2) is 0 Å². The van der Waals surface area contributed by atoms with E-state index in [-0.39, 0.29) is 17.4 Å². The van der Waals surface area contributed by atoms with Gasteiger partial charge in [0.2, 0.25) is 0 Å². The molecule has 1 aromatic rings. The van der Waals surface area contributed by atoms with Gasteiger partial charge in [-0.15, -0.1) is 0 Å². The van der Waals surface area contributed by atoms with E-state index in [0.717, 1.165) is 31.7 Å². The van der Waals surface area contributed by atoms with Crippen LogP contribution in [0, 0.1) is 5.92 Å². The highest BCUT2D eigenvalue weighted by molar-refractivity contribution is 5.93. The molecule has 0 aromatic carbocycles. The first-order valence-corrected chi connectivity index (χ1v) is 6.85. The Morgan fingerprint density at radius 2 is 2.10 bits per heavy atom. The highest BCUT2D eigenvalue weighted by Gasteiger charge is 2.34. The normalized spacial score (nSPS) is 22.9.